The molecule has 0 saturated heterocycles. The summed E-state index contributed by atoms with van der Waals surface area (Å²) in [5, 5.41) is 2.84. The first-order valence-electron chi connectivity index (χ1n) is 8.27. The standard InChI is InChI=1S/C19H24N2O3S2/c1-19(2,3)21-26(23,24)17-11-9-15(10-12-17)18(22)20-13-14-25-16-7-5-4-6-8-16/h4-12,21H,13-14H2,1-3H3,(H,20,22). The van der Waals surface area contributed by atoms with E-state index in [-0.39, 0.29) is 10.8 Å². The maximum Gasteiger partial charge on any atom is 0.251 e. The Morgan fingerprint density at radius 3 is 2.19 bits per heavy atom. The van der Waals surface area contributed by atoms with E-state index in [0.29, 0.717) is 12.1 Å². The minimum Gasteiger partial charge on any atom is -0.351 e. The lowest BCUT2D eigenvalue weighted by molar-refractivity contribution is 0.0956. The van der Waals surface area contributed by atoms with E-state index < -0.39 is 15.6 Å². The van der Waals surface area contributed by atoms with Crippen LogP contribution < -0.4 is 10.0 Å². The van der Waals surface area contributed by atoms with Crippen LogP contribution in [0.5, 0.6) is 0 Å². The first kappa shape index (κ1) is 20.5. The minimum absolute atomic E-state index is 0.142. The number of hydrogen-bond donors (Lipinski definition) is 2. The molecule has 140 valence electrons. The maximum atomic E-state index is 12.3. The second-order valence-electron chi connectivity index (χ2n) is 6.80. The van der Waals surface area contributed by atoms with Gasteiger partial charge in [-0.25, -0.2) is 13.1 Å². The fourth-order valence-electron chi connectivity index (χ4n) is 2.20. The fraction of sp³-hybridized carbons (Fsp3) is 0.316. The van der Waals surface area contributed by atoms with Gasteiger partial charge < -0.3 is 5.32 Å². The van der Waals surface area contributed by atoms with Crippen LogP contribution >= 0.6 is 11.8 Å². The highest BCUT2D eigenvalue weighted by molar-refractivity contribution is 7.99. The molecule has 2 aromatic rings. The van der Waals surface area contributed by atoms with Crippen molar-refractivity contribution in [1.82, 2.24) is 10.0 Å². The normalized spacial score (nSPS) is 12.0. The molecular weight excluding hydrogens is 368 g/mol. The van der Waals surface area contributed by atoms with Crippen LogP contribution in [0.15, 0.2) is 64.4 Å². The van der Waals surface area contributed by atoms with E-state index in [1.165, 1.54) is 24.3 Å². The molecule has 0 atom stereocenters. The van der Waals surface area contributed by atoms with Gasteiger partial charge in [-0.3, -0.25) is 4.79 Å². The van der Waals surface area contributed by atoms with E-state index in [1.54, 1.807) is 32.5 Å². The summed E-state index contributed by atoms with van der Waals surface area (Å²) in [6, 6.07) is 15.9. The van der Waals surface area contributed by atoms with Gasteiger partial charge >= 0.3 is 0 Å². The minimum atomic E-state index is -3.60. The molecule has 0 aromatic heterocycles. The summed E-state index contributed by atoms with van der Waals surface area (Å²) >= 11 is 1.67. The van der Waals surface area contributed by atoms with Crippen LogP contribution in [0.25, 0.3) is 0 Å². The number of benzene rings is 2. The molecule has 0 heterocycles. The molecule has 0 unspecified atom stereocenters. The third-order valence-corrected chi connectivity index (χ3v) is 6.05. The zero-order chi connectivity index (χ0) is 19.2. The molecule has 2 N–H and O–H groups in total. The van der Waals surface area contributed by atoms with Gasteiger partial charge in [0, 0.05) is 28.3 Å². The van der Waals surface area contributed by atoms with Crippen LogP contribution in [-0.2, 0) is 10.0 Å². The van der Waals surface area contributed by atoms with Crippen LogP contribution in [0, 0.1) is 0 Å². The SMILES string of the molecule is CC(C)(C)NS(=O)(=O)c1ccc(C(=O)NCCSc2ccccc2)cc1. The van der Waals surface area contributed by atoms with Crippen LogP contribution in [0.4, 0.5) is 0 Å². The number of amides is 1. The Kier molecular flexibility index (Phi) is 6.86. The van der Waals surface area contributed by atoms with Gasteiger partial charge in [0.15, 0.2) is 0 Å². The van der Waals surface area contributed by atoms with Crippen molar-refractivity contribution in [3.8, 4) is 0 Å². The Morgan fingerprint density at radius 1 is 1.00 bits per heavy atom. The predicted octanol–water partition coefficient (Wildman–Crippen LogP) is 3.29. The zero-order valence-electron chi connectivity index (χ0n) is 15.2. The molecule has 5 nitrogen and oxygen atoms in total. The number of carbonyl (C=O) groups is 1. The average molecular weight is 393 g/mol. The van der Waals surface area contributed by atoms with Crippen molar-refractivity contribution in [2.24, 2.45) is 0 Å². The van der Waals surface area contributed by atoms with Crippen molar-refractivity contribution in [1.29, 1.82) is 0 Å². The highest BCUT2D eigenvalue weighted by Gasteiger charge is 2.22. The maximum absolute atomic E-state index is 12.3. The van der Waals surface area contributed by atoms with Crippen molar-refractivity contribution in [3.63, 3.8) is 0 Å². The van der Waals surface area contributed by atoms with E-state index in [1.807, 2.05) is 30.3 Å². The number of sulfonamides is 1. The number of carbonyl (C=O) groups excluding carboxylic acids is 1. The highest BCUT2D eigenvalue weighted by Crippen LogP contribution is 2.16. The number of hydrogen-bond acceptors (Lipinski definition) is 4. The molecule has 7 heteroatoms. The molecular formula is C19H24N2O3S2. The monoisotopic (exact) mass is 392 g/mol. The van der Waals surface area contributed by atoms with E-state index in [0.717, 1.165) is 10.6 Å². The zero-order valence-corrected chi connectivity index (χ0v) is 16.8. The Balaban J connectivity index is 1.88. The summed E-state index contributed by atoms with van der Waals surface area (Å²) in [6.07, 6.45) is 0. The summed E-state index contributed by atoms with van der Waals surface area (Å²) in [7, 11) is -3.60. The van der Waals surface area contributed by atoms with Crippen molar-refractivity contribution < 1.29 is 13.2 Å². The molecule has 0 aliphatic carbocycles. The second-order valence-corrected chi connectivity index (χ2v) is 9.65. The smallest absolute Gasteiger partial charge is 0.251 e. The summed E-state index contributed by atoms with van der Waals surface area (Å²) in [5.41, 5.74) is -0.130. The summed E-state index contributed by atoms with van der Waals surface area (Å²) in [5.74, 6) is 0.545. The van der Waals surface area contributed by atoms with Gasteiger partial charge in [-0.15, -0.1) is 11.8 Å². The van der Waals surface area contributed by atoms with E-state index in [9.17, 15) is 13.2 Å². The van der Waals surface area contributed by atoms with Crippen LogP contribution in [0.2, 0.25) is 0 Å². The molecule has 0 aliphatic rings. The summed E-state index contributed by atoms with van der Waals surface area (Å²) in [6.45, 7) is 5.86. The van der Waals surface area contributed by atoms with Crippen LogP contribution in [-0.4, -0.2) is 32.2 Å². The van der Waals surface area contributed by atoms with Gasteiger partial charge in [0.05, 0.1) is 4.90 Å². The van der Waals surface area contributed by atoms with Crippen molar-refractivity contribution in [2.75, 3.05) is 12.3 Å². The first-order chi connectivity index (χ1) is 12.2. The predicted molar refractivity (Wildman–Crippen MR) is 106 cm³/mol. The van der Waals surface area contributed by atoms with Gasteiger partial charge in [-0.05, 0) is 57.2 Å². The van der Waals surface area contributed by atoms with Gasteiger partial charge in [0.2, 0.25) is 10.0 Å². The molecule has 1 amide bonds. The van der Waals surface area contributed by atoms with Gasteiger partial charge in [-0.2, -0.15) is 0 Å². The Bertz CT molecular complexity index is 827. The Labute approximate surface area is 159 Å². The average Bonchev–Trinajstić information content (AvgIpc) is 2.57. The third-order valence-electron chi connectivity index (χ3n) is 3.27. The van der Waals surface area contributed by atoms with Crippen molar-refractivity contribution in [3.05, 3.63) is 60.2 Å². The molecule has 0 fully saturated rings. The van der Waals surface area contributed by atoms with Gasteiger partial charge in [-0.1, -0.05) is 18.2 Å². The highest BCUT2D eigenvalue weighted by atomic mass is 32.2. The lowest BCUT2D eigenvalue weighted by Gasteiger charge is -2.20. The number of rotatable bonds is 7. The molecule has 0 bridgehead atoms. The van der Waals surface area contributed by atoms with Gasteiger partial charge in [0.1, 0.15) is 0 Å². The molecule has 26 heavy (non-hydrogen) atoms. The van der Waals surface area contributed by atoms with E-state index in [2.05, 4.69) is 10.0 Å². The molecule has 0 radical (unpaired) electrons. The molecule has 2 aromatic carbocycles. The molecule has 0 aliphatic heterocycles. The number of thioether (sulfide) groups is 1. The Hall–Kier alpha value is -1.83. The van der Waals surface area contributed by atoms with Crippen molar-refractivity contribution in [2.45, 2.75) is 36.1 Å². The molecule has 2 rings (SSSR count). The lowest BCUT2D eigenvalue weighted by atomic mass is 10.1. The Morgan fingerprint density at radius 2 is 1.62 bits per heavy atom. The van der Waals surface area contributed by atoms with Crippen LogP contribution in [0.1, 0.15) is 31.1 Å². The van der Waals surface area contributed by atoms with Crippen molar-refractivity contribution >= 4 is 27.7 Å². The molecule has 0 spiro atoms. The lowest BCUT2D eigenvalue weighted by Crippen LogP contribution is -2.40. The largest absolute Gasteiger partial charge is 0.351 e. The first-order valence-corrected chi connectivity index (χ1v) is 10.7. The second kappa shape index (κ2) is 8.70. The molecule has 0 saturated carbocycles. The van der Waals surface area contributed by atoms with E-state index >= 15 is 0 Å². The topological polar surface area (TPSA) is 75.3 Å². The third kappa shape index (κ3) is 6.48. The number of nitrogens with one attached hydrogen (secondary N) is 2. The summed E-state index contributed by atoms with van der Waals surface area (Å²) < 4.78 is 27.1. The quantitative estimate of drug-likeness (QED) is 0.560. The van der Waals surface area contributed by atoms with E-state index in [4.69, 9.17) is 0 Å². The van der Waals surface area contributed by atoms with Crippen LogP contribution in [0.3, 0.4) is 0 Å². The fourth-order valence-corrected chi connectivity index (χ4v) is 4.41. The summed E-state index contributed by atoms with van der Waals surface area (Å²) in [4.78, 5) is 13.5. The van der Waals surface area contributed by atoms with Gasteiger partial charge in [0.25, 0.3) is 5.91 Å².